The van der Waals surface area contributed by atoms with Crippen LogP contribution in [0.3, 0.4) is 0 Å². The van der Waals surface area contributed by atoms with Crippen molar-refractivity contribution in [3.8, 4) is 11.4 Å². The van der Waals surface area contributed by atoms with Crippen molar-refractivity contribution in [3.63, 3.8) is 0 Å². The molecule has 1 unspecified atom stereocenters. The van der Waals surface area contributed by atoms with Gasteiger partial charge in [0.25, 0.3) is 11.5 Å². The van der Waals surface area contributed by atoms with Gasteiger partial charge in [0.1, 0.15) is 17.6 Å². The predicted octanol–water partition coefficient (Wildman–Crippen LogP) is 8.17. The molecule has 6 aliphatic heterocycles. The third kappa shape index (κ3) is 7.10. The molecule has 4 aromatic rings. The maximum atomic E-state index is 13.2. The highest BCUT2D eigenvalue weighted by Gasteiger charge is 2.49. The lowest BCUT2D eigenvalue weighted by Crippen LogP contribution is -2.52. The SMILES string of the molecule is CN1CCC2(CC1)COc1c2ccc2c1CN(C1CCC(=O)NC1=O)C2=O.O=c1nc2n(c3cccc(Cl)c13)-c1cc(C3CCN(CC4CCCCC4)CC3)ccc1C21CCCCC1. The van der Waals surface area contributed by atoms with Crippen molar-refractivity contribution < 1.29 is 19.1 Å². The second-order valence-electron chi connectivity index (χ2n) is 20.4. The van der Waals surface area contributed by atoms with Gasteiger partial charge in [-0.25, -0.2) is 0 Å². The molecular weight excluding hydrogens is 824 g/mol. The largest absolute Gasteiger partial charge is 0.492 e. The fourth-order valence-corrected chi connectivity index (χ4v) is 13.3. The molecule has 0 radical (unpaired) electrons. The van der Waals surface area contributed by atoms with Gasteiger partial charge in [-0.1, -0.05) is 74.4 Å². The maximum absolute atomic E-state index is 13.2. The summed E-state index contributed by atoms with van der Waals surface area (Å²) < 4.78 is 8.44. The Morgan fingerprint density at radius 2 is 1.58 bits per heavy atom. The van der Waals surface area contributed by atoms with E-state index in [9.17, 15) is 19.2 Å². The fourth-order valence-electron chi connectivity index (χ4n) is 13.1. The molecule has 0 bridgehead atoms. The zero-order valence-corrected chi connectivity index (χ0v) is 38.0. The van der Waals surface area contributed by atoms with Crippen molar-refractivity contribution in [2.45, 2.75) is 132 Å². The molecule has 1 atom stereocenters. The molecule has 2 saturated carbocycles. The number of piperidine rings is 3. The van der Waals surface area contributed by atoms with Gasteiger partial charge < -0.3 is 19.4 Å². The molecule has 3 amide bonds. The minimum atomic E-state index is -0.586. The minimum absolute atomic E-state index is 0.0436. The number of carbonyl (C=O) groups is 3. The number of rotatable bonds is 4. The summed E-state index contributed by atoms with van der Waals surface area (Å²) in [5.41, 5.74) is 7.41. The molecule has 3 saturated heterocycles. The first-order chi connectivity index (χ1) is 31.1. The van der Waals surface area contributed by atoms with Crippen LogP contribution in [0.25, 0.3) is 16.6 Å². The van der Waals surface area contributed by atoms with Crippen LogP contribution in [0.1, 0.15) is 147 Å². The quantitative estimate of drug-likeness (QED) is 0.204. The monoisotopic (exact) mass is 884 g/mol. The Balaban J connectivity index is 0.000000150. The van der Waals surface area contributed by atoms with Crippen molar-refractivity contribution in [1.29, 1.82) is 0 Å². The number of nitrogens with one attached hydrogen (secondary N) is 1. The summed E-state index contributed by atoms with van der Waals surface area (Å²) in [6.45, 7) is 6.86. The molecule has 1 N–H and O–H groups in total. The van der Waals surface area contributed by atoms with Crippen LogP contribution in [0.5, 0.6) is 5.75 Å². The van der Waals surface area contributed by atoms with Gasteiger partial charge in [-0.3, -0.25) is 29.1 Å². The predicted molar refractivity (Wildman–Crippen MR) is 248 cm³/mol. The van der Waals surface area contributed by atoms with E-state index >= 15 is 0 Å². The first-order valence-corrected chi connectivity index (χ1v) is 24.7. The Hall–Kier alpha value is -4.58. The lowest BCUT2D eigenvalue weighted by molar-refractivity contribution is -0.136. The Labute approximate surface area is 380 Å². The van der Waals surface area contributed by atoms with Crippen molar-refractivity contribution in [1.82, 2.24) is 29.6 Å². The van der Waals surface area contributed by atoms with E-state index in [0.717, 1.165) is 67.3 Å². The number of ether oxygens (including phenoxy) is 1. The molecule has 11 nitrogen and oxygen atoms in total. The molecule has 64 heavy (non-hydrogen) atoms. The van der Waals surface area contributed by atoms with Crippen LogP contribution in [0.4, 0.5) is 0 Å². The van der Waals surface area contributed by atoms with Crippen molar-refractivity contribution in [2.75, 3.05) is 46.4 Å². The van der Waals surface area contributed by atoms with Crippen LogP contribution in [0.2, 0.25) is 5.02 Å². The van der Waals surface area contributed by atoms with Gasteiger partial charge in [-0.05, 0) is 138 Å². The number of likely N-dealkylation sites (tertiary alicyclic amines) is 2. The maximum Gasteiger partial charge on any atom is 0.282 e. The van der Waals surface area contributed by atoms with Crippen molar-refractivity contribution >= 4 is 40.2 Å². The van der Waals surface area contributed by atoms with E-state index in [1.54, 1.807) is 4.90 Å². The Bertz CT molecular complexity index is 2580. The first kappa shape index (κ1) is 42.1. The molecule has 336 valence electrons. The third-order valence-electron chi connectivity index (χ3n) is 16.8. The molecule has 3 aromatic carbocycles. The summed E-state index contributed by atoms with van der Waals surface area (Å²) in [6, 6.07) is 16.4. The van der Waals surface area contributed by atoms with Crippen LogP contribution >= 0.6 is 11.6 Å². The molecule has 2 spiro atoms. The van der Waals surface area contributed by atoms with E-state index in [-0.39, 0.29) is 40.5 Å². The highest BCUT2D eigenvalue weighted by molar-refractivity contribution is 6.35. The minimum Gasteiger partial charge on any atom is -0.492 e. The standard InChI is InChI=1S/C32H38ClN3O.C20H23N3O4/c33-26-10-7-11-27-29(26)30(37)34-31-32(16-5-2-6-17-32)25-13-12-24(20-28(25)36(27)31)23-14-18-35(19-15-23)21-22-8-3-1-4-9-22;1-22-8-6-20(7-9-22)11-27-17-13-10-23(15-4-5-16(24)21-18(15)25)19(26)12(13)2-3-14(17)20/h7,10-13,20,22-23H,1-6,8-9,14-19,21H2;2-3,15H,4-11H2,1H3,(H,21,24,25). The van der Waals surface area contributed by atoms with E-state index < -0.39 is 6.04 Å². The van der Waals surface area contributed by atoms with Gasteiger partial charge in [0.05, 0.1) is 40.2 Å². The number of halogens is 1. The highest BCUT2D eigenvalue weighted by Crippen LogP contribution is 2.53. The summed E-state index contributed by atoms with van der Waals surface area (Å²) in [6.07, 6.45) is 18.1. The summed E-state index contributed by atoms with van der Waals surface area (Å²) in [5, 5.41) is 3.40. The molecule has 2 aliphatic carbocycles. The number of aromatic nitrogens is 2. The van der Waals surface area contributed by atoms with Gasteiger partial charge in [0.2, 0.25) is 11.8 Å². The number of fused-ring (bicyclic) bond motifs is 11. The summed E-state index contributed by atoms with van der Waals surface area (Å²) >= 11 is 6.55. The Morgan fingerprint density at radius 3 is 2.34 bits per heavy atom. The van der Waals surface area contributed by atoms with Crippen LogP contribution in [-0.2, 0) is 27.0 Å². The van der Waals surface area contributed by atoms with Gasteiger partial charge >= 0.3 is 0 Å². The number of carbonyl (C=O) groups excluding carboxylic acids is 3. The molecule has 7 heterocycles. The van der Waals surface area contributed by atoms with E-state index in [1.165, 1.54) is 106 Å². The topological polar surface area (TPSA) is 117 Å². The van der Waals surface area contributed by atoms with E-state index in [0.29, 0.717) is 41.5 Å². The number of hydrogen-bond acceptors (Lipinski definition) is 8. The molecule has 5 fully saturated rings. The van der Waals surface area contributed by atoms with Crippen molar-refractivity contribution in [2.24, 2.45) is 5.92 Å². The molecule has 12 heteroatoms. The summed E-state index contributed by atoms with van der Waals surface area (Å²) in [7, 11) is 2.14. The molecule has 8 aliphatic rings. The Morgan fingerprint density at radius 1 is 0.828 bits per heavy atom. The fraction of sp³-hybridized carbons (Fsp3) is 0.558. The second-order valence-corrected chi connectivity index (χ2v) is 20.9. The summed E-state index contributed by atoms with van der Waals surface area (Å²) in [5.74, 6) is 2.52. The number of hydrogen-bond donors (Lipinski definition) is 1. The van der Waals surface area contributed by atoms with E-state index in [1.807, 2.05) is 18.2 Å². The second kappa shape index (κ2) is 16.7. The Kier molecular flexibility index (Phi) is 11.0. The third-order valence-corrected chi connectivity index (χ3v) is 17.1. The normalized spacial score (nSPS) is 24.2. The molecular formula is C52H61ClN6O5. The zero-order valence-electron chi connectivity index (χ0n) is 37.3. The number of amides is 3. The van der Waals surface area contributed by atoms with Gasteiger partial charge in [0, 0.05) is 35.1 Å². The van der Waals surface area contributed by atoms with E-state index in [2.05, 4.69) is 57.1 Å². The lowest BCUT2D eigenvalue weighted by atomic mass is 9.69. The number of nitrogens with zero attached hydrogens (tertiary/aromatic N) is 5. The van der Waals surface area contributed by atoms with Crippen LogP contribution in [-0.4, -0.2) is 94.4 Å². The molecule has 1 aromatic heterocycles. The number of imide groups is 1. The summed E-state index contributed by atoms with van der Waals surface area (Å²) in [4.78, 5) is 61.2. The van der Waals surface area contributed by atoms with Crippen LogP contribution in [0.15, 0.2) is 53.3 Å². The van der Waals surface area contributed by atoms with Gasteiger partial charge in [-0.15, -0.1) is 0 Å². The lowest BCUT2D eigenvalue weighted by Gasteiger charge is -2.36. The van der Waals surface area contributed by atoms with Crippen molar-refractivity contribution in [3.05, 3.63) is 97.5 Å². The zero-order chi connectivity index (χ0) is 43.7. The van der Waals surface area contributed by atoms with Gasteiger partial charge in [-0.2, -0.15) is 4.98 Å². The smallest absolute Gasteiger partial charge is 0.282 e. The van der Waals surface area contributed by atoms with Crippen LogP contribution in [0, 0.1) is 5.92 Å². The average Bonchev–Trinajstić information content (AvgIpc) is 3.93. The van der Waals surface area contributed by atoms with E-state index in [4.69, 9.17) is 21.3 Å². The first-order valence-electron chi connectivity index (χ1n) is 24.3. The highest BCUT2D eigenvalue weighted by atomic mass is 35.5. The molecule has 12 rings (SSSR count). The number of benzene rings is 3. The average molecular weight is 886 g/mol. The van der Waals surface area contributed by atoms with Crippen LogP contribution < -0.4 is 15.6 Å². The van der Waals surface area contributed by atoms with Gasteiger partial charge in [0.15, 0.2) is 0 Å².